The number of hydrogen-bond acceptors (Lipinski definition) is 5. The molecule has 0 aliphatic heterocycles. The van der Waals surface area contributed by atoms with Gasteiger partial charge in [0.15, 0.2) is 17.7 Å². The summed E-state index contributed by atoms with van der Waals surface area (Å²) in [4.78, 5) is 12.4. The summed E-state index contributed by atoms with van der Waals surface area (Å²) in [6.45, 7) is 2.00. The van der Waals surface area contributed by atoms with E-state index in [2.05, 4.69) is 10.0 Å². The van der Waals surface area contributed by atoms with Crippen LogP contribution in [0.25, 0.3) is 0 Å². The molecule has 0 fully saturated rings. The molecule has 0 radical (unpaired) electrons. The van der Waals surface area contributed by atoms with E-state index in [0.717, 1.165) is 0 Å². The van der Waals surface area contributed by atoms with Crippen molar-refractivity contribution in [3.8, 4) is 5.75 Å². The minimum absolute atomic E-state index is 0. The zero-order valence-corrected chi connectivity index (χ0v) is 16.9. The molecule has 0 bridgehead atoms. The number of benzene rings is 2. The third-order valence-electron chi connectivity index (χ3n) is 3.62. The van der Waals surface area contributed by atoms with Gasteiger partial charge in [0.1, 0.15) is 0 Å². The van der Waals surface area contributed by atoms with Gasteiger partial charge in [0, 0.05) is 18.8 Å². The van der Waals surface area contributed by atoms with Gasteiger partial charge in [-0.15, -0.1) is 12.4 Å². The van der Waals surface area contributed by atoms with E-state index in [0.29, 0.717) is 6.42 Å². The van der Waals surface area contributed by atoms with E-state index in [9.17, 15) is 17.6 Å². The first-order valence-electron chi connectivity index (χ1n) is 8.39. The average molecular weight is 432 g/mol. The molecule has 7 nitrogen and oxygen atoms in total. The Hall–Kier alpha value is -2.20. The number of nitrogens with one attached hydrogen (secondary N) is 2. The summed E-state index contributed by atoms with van der Waals surface area (Å²) in [5.41, 5.74) is 5.59. The number of halogens is 2. The summed E-state index contributed by atoms with van der Waals surface area (Å²) in [7, 11) is -3.72. The summed E-state index contributed by atoms with van der Waals surface area (Å²) in [5.74, 6) is -1.10. The molecule has 0 spiro atoms. The van der Waals surface area contributed by atoms with Crippen molar-refractivity contribution in [2.45, 2.75) is 24.3 Å². The maximum atomic E-state index is 13.7. The highest BCUT2D eigenvalue weighted by Gasteiger charge is 2.21. The molecule has 0 heterocycles. The Morgan fingerprint density at radius 3 is 2.57 bits per heavy atom. The Balaban J connectivity index is 0.00000392. The Bertz CT molecular complexity index is 896. The Labute approximate surface area is 169 Å². The molecule has 0 saturated carbocycles. The van der Waals surface area contributed by atoms with E-state index in [1.807, 2.05) is 0 Å². The number of carbonyl (C=O) groups is 1. The van der Waals surface area contributed by atoms with Gasteiger partial charge in [-0.05, 0) is 36.8 Å². The number of para-hydroxylation sites is 1. The van der Waals surface area contributed by atoms with Crippen molar-refractivity contribution < 1.29 is 22.3 Å². The predicted octanol–water partition coefficient (Wildman–Crippen LogP) is 2.28. The predicted molar refractivity (Wildman–Crippen MR) is 108 cm³/mol. The van der Waals surface area contributed by atoms with Gasteiger partial charge in [0.25, 0.3) is 5.91 Å². The van der Waals surface area contributed by atoms with Crippen LogP contribution in [0.2, 0.25) is 0 Å². The van der Waals surface area contributed by atoms with Crippen LogP contribution >= 0.6 is 12.4 Å². The molecule has 28 heavy (non-hydrogen) atoms. The normalized spacial score (nSPS) is 12.0. The summed E-state index contributed by atoms with van der Waals surface area (Å²) in [5, 5.41) is 2.60. The van der Waals surface area contributed by atoms with Gasteiger partial charge in [-0.2, -0.15) is 0 Å². The fraction of sp³-hybridized carbons (Fsp3) is 0.278. The van der Waals surface area contributed by atoms with Crippen molar-refractivity contribution >= 4 is 34.0 Å². The van der Waals surface area contributed by atoms with E-state index >= 15 is 0 Å². The van der Waals surface area contributed by atoms with Crippen LogP contribution in [0, 0.1) is 5.82 Å². The van der Waals surface area contributed by atoms with Gasteiger partial charge in [0.2, 0.25) is 10.0 Å². The van der Waals surface area contributed by atoms with Crippen molar-refractivity contribution in [1.82, 2.24) is 4.72 Å². The number of nitrogens with two attached hydrogens (primary N) is 1. The van der Waals surface area contributed by atoms with Crippen molar-refractivity contribution in [3.63, 3.8) is 0 Å². The largest absolute Gasteiger partial charge is 0.478 e. The Morgan fingerprint density at radius 2 is 1.93 bits per heavy atom. The second-order valence-corrected chi connectivity index (χ2v) is 7.42. The summed E-state index contributed by atoms with van der Waals surface area (Å²) < 4.78 is 45.8. The van der Waals surface area contributed by atoms with Gasteiger partial charge >= 0.3 is 0 Å². The van der Waals surface area contributed by atoms with Crippen LogP contribution in [0.15, 0.2) is 53.4 Å². The summed E-state index contributed by atoms with van der Waals surface area (Å²) >= 11 is 0. The van der Waals surface area contributed by atoms with Crippen LogP contribution in [0.3, 0.4) is 0 Å². The molecule has 0 aliphatic rings. The van der Waals surface area contributed by atoms with Crippen molar-refractivity contribution in [2.75, 3.05) is 18.4 Å². The number of ether oxygens (including phenoxy) is 1. The maximum absolute atomic E-state index is 13.7. The van der Waals surface area contributed by atoms with E-state index in [4.69, 9.17) is 10.5 Å². The minimum atomic E-state index is -3.72. The van der Waals surface area contributed by atoms with Gasteiger partial charge in [0.05, 0.1) is 4.90 Å². The molecular weight excluding hydrogens is 409 g/mol. The van der Waals surface area contributed by atoms with Crippen LogP contribution in [0.5, 0.6) is 5.75 Å². The van der Waals surface area contributed by atoms with E-state index in [-0.39, 0.29) is 41.8 Å². The molecule has 2 aromatic carbocycles. The number of carbonyl (C=O) groups excluding carboxylic acids is 1. The second kappa shape index (κ2) is 11.0. The number of sulfonamides is 1. The monoisotopic (exact) mass is 431 g/mol. The van der Waals surface area contributed by atoms with Crippen LogP contribution in [-0.2, 0) is 14.8 Å². The topological polar surface area (TPSA) is 111 Å². The lowest BCUT2D eigenvalue weighted by atomic mass is 10.2. The Kier molecular flexibility index (Phi) is 9.33. The Morgan fingerprint density at radius 1 is 1.21 bits per heavy atom. The van der Waals surface area contributed by atoms with Gasteiger partial charge in [-0.1, -0.05) is 25.1 Å². The zero-order valence-electron chi connectivity index (χ0n) is 15.2. The smallest absolute Gasteiger partial charge is 0.265 e. The second-order valence-electron chi connectivity index (χ2n) is 5.65. The van der Waals surface area contributed by atoms with Crippen molar-refractivity contribution in [1.29, 1.82) is 0 Å². The molecule has 1 atom stereocenters. The van der Waals surface area contributed by atoms with Crippen molar-refractivity contribution in [2.24, 2.45) is 5.73 Å². The first-order valence-corrected chi connectivity index (χ1v) is 9.87. The quantitative estimate of drug-likeness (QED) is 0.564. The first-order chi connectivity index (χ1) is 12.9. The molecule has 0 aromatic heterocycles. The van der Waals surface area contributed by atoms with Gasteiger partial charge in [-0.3, -0.25) is 4.79 Å². The third kappa shape index (κ3) is 6.45. The van der Waals surface area contributed by atoms with Crippen LogP contribution in [0.1, 0.15) is 13.3 Å². The maximum Gasteiger partial charge on any atom is 0.265 e. The van der Waals surface area contributed by atoms with Gasteiger partial charge < -0.3 is 15.8 Å². The van der Waals surface area contributed by atoms with Crippen molar-refractivity contribution in [3.05, 3.63) is 54.3 Å². The molecule has 2 rings (SSSR count). The minimum Gasteiger partial charge on any atom is -0.478 e. The molecule has 2 aromatic rings. The number of amides is 1. The van der Waals surface area contributed by atoms with E-state index < -0.39 is 27.9 Å². The fourth-order valence-corrected chi connectivity index (χ4v) is 3.35. The SMILES string of the molecule is CCC(Oc1ccccc1F)C(=O)Nc1cccc(S(=O)(=O)NCCN)c1.Cl. The van der Waals surface area contributed by atoms with Crippen LogP contribution in [-0.4, -0.2) is 33.5 Å². The highest BCUT2D eigenvalue weighted by Crippen LogP contribution is 2.20. The molecular formula is C18H23ClFN3O4S. The molecule has 1 amide bonds. The first kappa shape index (κ1) is 23.8. The zero-order chi connectivity index (χ0) is 19.9. The van der Waals surface area contributed by atoms with Crippen LogP contribution < -0.4 is 20.5 Å². The highest BCUT2D eigenvalue weighted by atomic mass is 35.5. The lowest BCUT2D eigenvalue weighted by molar-refractivity contribution is -0.122. The molecule has 0 aliphatic carbocycles. The average Bonchev–Trinajstić information content (AvgIpc) is 2.66. The number of rotatable bonds is 9. The summed E-state index contributed by atoms with van der Waals surface area (Å²) in [6.07, 6.45) is -0.631. The molecule has 154 valence electrons. The molecule has 0 saturated heterocycles. The van der Waals surface area contributed by atoms with E-state index in [1.165, 1.54) is 36.4 Å². The van der Waals surface area contributed by atoms with Gasteiger partial charge in [-0.25, -0.2) is 17.5 Å². The van der Waals surface area contributed by atoms with E-state index in [1.54, 1.807) is 19.1 Å². The fourth-order valence-electron chi connectivity index (χ4n) is 2.26. The molecule has 10 heteroatoms. The standard InChI is InChI=1S/C18H22FN3O4S.ClH/c1-2-16(26-17-9-4-3-8-15(17)19)18(23)22-13-6-5-7-14(12-13)27(24,25)21-11-10-20;/h3-9,12,16,21H,2,10-11,20H2,1H3,(H,22,23);1H. The molecule has 4 N–H and O–H groups in total. The summed E-state index contributed by atoms with van der Waals surface area (Å²) in [6, 6.07) is 11.6. The molecule has 1 unspecified atom stereocenters. The number of hydrogen-bond donors (Lipinski definition) is 3. The third-order valence-corrected chi connectivity index (χ3v) is 5.08. The number of anilines is 1. The lowest BCUT2D eigenvalue weighted by Crippen LogP contribution is -2.33. The highest BCUT2D eigenvalue weighted by molar-refractivity contribution is 7.89. The van der Waals surface area contributed by atoms with Crippen LogP contribution in [0.4, 0.5) is 10.1 Å². The lowest BCUT2D eigenvalue weighted by Gasteiger charge is -2.18.